The lowest BCUT2D eigenvalue weighted by Gasteiger charge is -2.07. The number of hydrogen-bond acceptors (Lipinski definition) is 4. The predicted molar refractivity (Wildman–Crippen MR) is 93.7 cm³/mol. The van der Waals surface area contributed by atoms with Gasteiger partial charge in [0.25, 0.3) is 5.91 Å². The fourth-order valence-electron chi connectivity index (χ4n) is 3.14. The molecule has 5 nitrogen and oxygen atoms in total. The number of carbonyl (C=O) groups excluding carboxylic acids is 2. The zero-order chi connectivity index (χ0) is 17.4. The van der Waals surface area contributed by atoms with Crippen LogP contribution in [0.1, 0.15) is 38.5 Å². The number of fused-ring (bicyclic) bond motifs is 1. The number of carbonyl (C=O) groups is 2. The van der Waals surface area contributed by atoms with Crippen molar-refractivity contribution >= 4 is 17.4 Å². The predicted octanol–water partition coefficient (Wildman–Crippen LogP) is 4.03. The lowest BCUT2D eigenvalue weighted by molar-refractivity contribution is 0.0991. The minimum Gasteiger partial charge on any atom is -0.360 e. The van der Waals surface area contributed by atoms with Crippen LogP contribution >= 0.6 is 0 Å². The number of rotatable bonds is 3. The molecule has 0 unspecified atom stereocenters. The molecule has 0 saturated heterocycles. The molecule has 5 heteroatoms. The van der Waals surface area contributed by atoms with E-state index in [-0.39, 0.29) is 11.7 Å². The topological polar surface area (TPSA) is 72.2 Å². The first-order chi connectivity index (χ1) is 12.1. The first-order valence-corrected chi connectivity index (χ1v) is 8.12. The second kappa shape index (κ2) is 6.02. The number of amides is 1. The van der Waals surface area contributed by atoms with Crippen LogP contribution in [-0.2, 0) is 6.42 Å². The molecule has 0 fully saturated rings. The molecule has 3 aromatic rings. The maximum atomic E-state index is 12.8. The normalized spacial score (nSPS) is 12.9. The van der Waals surface area contributed by atoms with E-state index in [0.717, 1.165) is 17.5 Å². The van der Waals surface area contributed by atoms with Gasteiger partial charge < -0.3 is 9.84 Å². The number of nitrogens with zero attached hydrogens (tertiary/aromatic N) is 1. The van der Waals surface area contributed by atoms with Crippen molar-refractivity contribution in [3.8, 4) is 11.3 Å². The number of anilines is 1. The van der Waals surface area contributed by atoms with Gasteiger partial charge in [-0.05, 0) is 31.0 Å². The van der Waals surface area contributed by atoms with Crippen LogP contribution in [0.3, 0.4) is 0 Å². The Labute approximate surface area is 144 Å². The summed E-state index contributed by atoms with van der Waals surface area (Å²) >= 11 is 0. The second-order valence-corrected chi connectivity index (χ2v) is 6.08. The molecule has 0 saturated carbocycles. The first kappa shape index (κ1) is 15.3. The van der Waals surface area contributed by atoms with E-state index >= 15 is 0 Å². The van der Waals surface area contributed by atoms with Crippen LogP contribution in [0, 0.1) is 6.92 Å². The van der Waals surface area contributed by atoms with Gasteiger partial charge in [-0.15, -0.1) is 0 Å². The Balaban J connectivity index is 1.66. The fourth-order valence-corrected chi connectivity index (χ4v) is 3.14. The average Bonchev–Trinajstić information content (AvgIpc) is 3.19. The maximum Gasteiger partial charge on any atom is 0.261 e. The van der Waals surface area contributed by atoms with Gasteiger partial charge in [-0.25, -0.2) is 0 Å². The molecule has 1 aromatic heterocycles. The average molecular weight is 332 g/mol. The highest BCUT2D eigenvalue weighted by Gasteiger charge is 2.23. The Kier molecular flexibility index (Phi) is 3.69. The van der Waals surface area contributed by atoms with Gasteiger partial charge in [0.1, 0.15) is 17.0 Å². The molecule has 0 bridgehead atoms. The molecule has 124 valence electrons. The van der Waals surface area contributed by atoms with E-state index in [4.69, 9.17) is 4.52 Å². The van der Waals surface area contributed by atoms with Crippen molar-refractivity contribution in [2.24, 2.45) is 0 Å². The number of benzene rings is 2. The summed E-state index contributed by atoms with van der Waals surface area (Å²) < 4.78 is 5.24. The summed E-state index contributed by atoms with van der Waals surface area (Å²) in [6, 6.07) is 14.9. The van der Waals surface area contributed by atoms with Crippen molar-refractivity contribution in [3.63, 3.8) is 0 Å². The zero-order valence-electron chi connectivity index (χ0n) is 13.7. The Morgan fingerprint density at radius 1 is 1.12 bits per heavy atom. The van der Waals surface area contributed by atoms with Gasteiger partial charge in [0.2, 0.25) is 0 Å². The van der Waals surface area contributed by atoms with Crippen molar-refractivity contribution in [3.05, 3.63) is 71.0 Å². The molecule has 0 atom stereocenters. The summed E-state index contributed by atoms with van der Waals surface area (Å²) in [5.41, 5.74) is 4.05. The number of nitrogens with one attached hydrogen (secondary N) is 1. The van der Waals surface area contributed by atoms with Gasteiger partial charge in [0.05, 0.1) is 0 Å². The van der Waals surface area contributed by atoms with Gasteiger partial charge in [-0.3, -0.25) is 9.59 Å². The highest BCUT2D eigenvalue weighted by molar-refractivity contribution is 6.09. The van der Waals surface area contributed by atoms with E-state index in [1.165, 1.54) is 0 Å². The van der Waals surface area contributed by atoms with E-state index in [1.54, 1.807) is 13.0 Å². The quantitative estimate of drug-likeness (QED) is 0.786. The highest BCUT2D eigenvalue weighted by atomic mass is 16.5. The van der Waals surface area contributed by atoms with Crippen molar-refractivity contribution < 1.29 is 14.1 Å². The minimum absolute atomic E-state index is 0.122. The summed E-state index contributed by atoms with van der Waals surface area (Å²) in [5, 5.41) is 6.88. The molecule has 1 heterocycles. The van der Waals surface area contributed by atoms with E-state index in [9.17, 15) is 9.59 Å². The third-order valence-corrected chi connectivity index (χ3v) is 4.43. The van der Waals surface area contributed by atoms with Crippen LogP contribution in [0.2, 0.25) is 0 Å². The Bertz CT molecular complexity index is 974. The van der Waals surface area contributed by atoms with E-state index in [2.05, 4.69) is 10.5 Å². The molecule has 0 radical (unpaired) electrons. The summed E-state index contributed by atoms with van der Waals surface area (Å²) in [6.45, 7) is 1.71. The highest BCUT2D eigenvalue weighted by Crippen LogP contribution is 2.28. The number of Topliss-reactive ketones (excluding diaryl/α,β-unsaturated/α-hetero) is 1. The molecule has 2 aromatic carbocycles. The van der Waals surface area contributed by atoms with Crippen molar-refractivity contribution in [2.45, 2.75) is 19.8 Å². The maximum absolute atomic E-state index is 12.8. The molecule has 0 spiro atoms. The van der Waals surface area contributed by atoms with Crippen LogP contribution in [0.4, 0.5) is 5.69 Å². The lowest BCUT2D eigenvalue weighted by Crippen LogP contribution is -2.14. The molecule has 0 aliphatic heterocycles. The van der Waals surface area contributed by atoms with Crippen LogP contribution in [0.5, 0.6) is 0 Å². The van der Waals surface area contributed by atoms with Crippen molar-refractivity contribution in [2.75, 3.05) is 5.32 Å². The molecule has 25 heavy (non-hydrogen) atoms. The number of aryl methyl sites for hydroxylation is 2. The SMILES string of the molecule is Cc1onc(-c2ccccc2)c1C(=O)Nc1ccc2c(c1)C(=O)CC2. The van der Waals surface area contributed by atoms with Crippen LogP contribution in [0.15, 0.2) is 53.1 Å². The third kappa shape index (κ3) is 2.74. The first-order valence-electron chi connectivity index (χ1n) is 8.12. The summed E-state index contributed by atoms with van der Waals surface area (Å²) in [4.78, 5) is 24.7. The van der Waals surface area contributed by atoms with E-state index < -0.39 is 0 Å². The van der Waals surface area contributed by atoms with E-state index in [1.807, 2.05) is 42.5 Å². The van der Waals surface area contributed by atoms with Gasteiger partial charge in [-0.2, -0.15) is 0 Å². The lowest BCUT2D eigenvalue weighted by atomic mass is 10.1. The molecule has 4 rings (SSSR count). The number of ketones is 1. The monoisotopic (exact) mass is 332 g/mol. The Morgan fingerprint density at radius 2 is 1.92 bits per heavy atom. The van der Waals surface area contributed by atoms with E-state index in [0.29, 0.717) is 34.7 Å². The Hall–Kier alpha value is -3.21. The van der Waals surface area contributed by atoms with Gasteiger partial charge in [-0.1, -0.05) is 41.6 Å². The number of hydrogen-bond donors (Lipinski definition) is 1. The summed E-state index contributed by atoms with van der Waals surface area (Å²) in [5.74, 6) is 0.272. The number of aromatic nitrogens is 1. The van der Waals surface area contributed by atoms with Crippen LogP contribution in [-0.4, -0.2) is 16.8 Å². The van der Waals surface area contributed by atoms with Crippen molar-refractivity contribution in [1.82, 2.24) is 5.16 Å². The summed E-state index contributed by atoms with van der Waals surface area (Å²) in [6.07, 6.45) is 1.31. The van der Waals surface area contributed by atoms with Gasteiger partial charge in [0, 0.05) is 23.2 Å². The molecule has 1 N–H and O–H groups in total. The standard InChI is InChI=1S/C20H16N2O3/c1-12-18(19(22-25-12)14-5-3-2-4-6-14)20(24)21-15-9-7-13-8-10-17(23)16(13)11-15/h2-7,9,11H,8,10H2,1H3,(H,21,24). The molecule has 1 aliphatic rings. The van der Waals surface area contributed by atoms with Gasteiger partial charge in [0.15, 0.2) is 5.78 Å². The fraction of sp³-hybridized carbons (Fsp3) is 0.150. The summed E-state index contributed by atoms with van der Waals surface area (Å²) in [7, 11) is 0. The third-order valence-electron chi connectivity index (χ3n) is 4.43. The molecule has 1 aliphatic carbocycles. The molecular weight excluding hydrogens is 316 g/mol. The molecular formula is C20H16N2O3. The smallest absolute Gasteiger partial charge is 0.261 e. The largest absolute Gasteiger partial charge is 0.360 e. The van der Waals surface area contributed by atoms with Crippen molar-refractivity contribution in [1.29, 1.82) is 0 Å². The van der Waals surface area contributed by atoms with Crippen LogP contribution < -0.4 is 5.32 Å². The van der Waals surface area contributed by atoms with Gasteiger partial charge >= 0.3 is 0 Å². The minimum atomic E-state index is -0.303. The zero-order valence-corrected chi connectivity index (χ0v) is 13.7. The Morgan fingerprint density at radius 3 is 2.72 bits per heavy atom. The van der Waals surface area contributed by atoms with Crippen LogP contribution in [0.25, 0.3) is 11.3 Å². The second-order valence-electron chi connectivity index (χ2n) is 6.08. The molecule has 1 amide bonds.